The number of halogens is 3. The van der Waals surface area contributed by atoms with Crippen molar-refractivity contribution in [1.29, 1.82) is 0 Å². The van der Waals surface area contributed by atoms with E-state index in [1.165, 1.54) is 26.0 Å². The number of aliphatic hydroxyl groups is 5. The number of methoxy groups -OCH3 is 1. The minimum atomic E-state index is -1.14. The average Bonchev–Trinajstić information content (AvgIpc) is 2.85. The molecule has 1 aromatic carbocycles. The Morgan fingerprint density at radius 3 is 1.57 bits per heavy atom. The van der Waals surface area contributed by atoms with E-state index >= 15 is 0 Å². The fourth-order valence-electron chi connectivity index (χ4n) is 2.49. The van der Waals surface area contributed by atoms with Crippen LogP contribution in [0.2, 0.25) is 0 Å². The Balaban J connectivity index is 0.00000161. The lowest BCUT2D eigenvalue weighted by molar-refractivity contribution is -0.116. The maximum atomic E-state index is 12.8. The zero-order valence-electron chi connectivity index (χ0n) is 20.5. The van der Waals surface area contributed by atoms with Gasteiger partial charge >= 0.3 is 0 Å². The number of carbonyl (C=O) groups excluding carboxylic acids is 3. The summed E-state index contributed by atoms with van der Waals surface area (Å²) in [6, 6.07) is 0. The molecule has 13 nitrogen and oxygen atoms in total. The molecule has 0 spiro atoms. The van der Waals surface area contributed by atoms with E-state index < -0.39 is 43.3 Å². The molecule has 0 aliphatic carbocycles. The first-order chi connectivity index (χ1) is 17.3. The monoisotopic (exact) mass is 866 g/mol. The van der Waals surface area contributed by atoms with Gasteiger partial charge in [-0.05, 0) is 67.8 Å². The zero-order chi connectivity index (χ0) is 28.9. The number of nitrogens with two attached hydrogens (primary N) is 1. The van der Waals surface area contributed by atoms with Crippen LogP contribution in [0.5, 0.6) is 0 Å². The minimum Gasteiger partial charge on any atom is -0.394 e. The first kappa shape index (κ1) is 36.5. The van der Waals surface area contributed by atoms with Crippen LogP contribution in [-0.2, 0) is 9.53 Å². The number of hydrogen-bond donors (Lipinski definition) is 8. The number of nitrogens with one attached hydrogen (secondary N) is 2. The second kappa shape index (κ2) is 18.8. The second-order valence-corrected chi connectivity index (χ2v) is 10.8. The molecule has 3 unspecified atom stereocenters. The maximum Gasteiger partial charge on any atom is 0.253 e. The Hall–Kier alpha value is -0.460. The van der Waals surface area contributed by atoms with E-state index in [-0.39, 0.29) is 36.7 Å². The van der Waals surface area contributed by atoms with Gasteiger partial charge in [0.2, 0.25) is 5.91 Å². The van der Waals surface area contributed by atoms with Crippen LogP contribution in [0.4, 0.5) is 5.69 Å². The van der Waals surface area contributed by atoms with Crippen molar-refractivity contribution in [2.75, 3.05) is 58.5 Å². The van der Waals surface area contributed by atoms with Crippen molar-refractivity contribution < 1.29 is 44.7 Å². The summed E-state index contributed by atoms with van der Waals surface area (Å²) in [5.74, 6) is -1.48. The highest BCUT2D eigenvalue weighted by Gasteiger charge is 2.30. The molecule has 9 N–H and O–H groups in total. The van der Waals surface area contributed by atoms with Gasteiger partial charge in [0.15, 0.2) is 0 Å². The van der Waals surface area contributed by atoms with E-state index in [0.29, 0.717) is 23.0 Å². The molecule has 212 valence electrons. The fraction of sp³-hybridized carbons (Fsp3) is 0.571. The van der Waals surface area contributed by atoms with E-state index in [4.69, 9.17) is 21.1 Å². The summed E-state index contributed by atoms with van der Waals surface area (Å²) in [4.78, 5) is 39.0. The van der Waals surface area contributed by atoms with Gasteiger partial charge < -0.3 is 51.5 Å². The number of aliphatic hydroxyl groups excluding tert-OH is 5. The predicted molar refractivity (Wildman–Crippen MR) is 161 cm³/mol. The molecule has 0 fully saturated rings. The lowest BCUT2D eigenvalue weighted by atomic mass is 10.1. The van der Waals surface area contributed by atoms with Crippen LogP contribution in [0.15, 0.2) is 0 Å². The third kappa shape index (κ3) is 11.7. The molecule has 37 heavy (non-hydrogen) atoms. The number of rotatable bonds is 12. The molecule has 16 heteroatoms. The maximum absolute atomic E-state index is 12.8. The van der Waals surface area contributed by atoms with E-state index in [0.717, 1.165) is 0 Å². The molecule has 0 aliphatic rings. The normalized spacial score (nSPS) is 13.1. The van der Waals surface area contributed by atoms with Crippen molar-refractivity contribution in [3.63, 3.8) is 0 Å². The van der Waals surface area contributed by atoms with E-state index in [9.17, 15) is 24.6 Å². The summed E-state index contributed by atoms with van der Waals surface area (Å²) >= 11 is 5.69. The Morgan fingerprint density at radius 1 is 0.892 bits per heavy atom. The molecule has 0 aromatic heterocycles. The zero-order valence-corrected chi connectivity index (χ0v) is 27.0. The number of carbonyl (C=O) groups is 3. The largest absolute Gasteiger partial charge is 0.394 e. The predicted octanol–water partition coefficient (Wildman–Crippen LogP) is -1.40. The number of nitrogens with zero attached hydrogens (tertiary/aromatic N) is 1. The second-order valence-electron chi connectivity index (χ2n) is 7.56. The summed E-state index contributed by atoms with van der Waals surface area (Å²) in [7, 11) is 3.04. The van der Waals surface area contributed by atoms with Crippen LogP contribution in [0.3, 0.4) is 0 Å². The van der Waals surface area contributed by atoms with Crippen LogP contribution in [0.1, 0.15) is 27.6 Å². The molecule has 3 amide bonds. The van der Waals surface area contributed by atoms with Crippen molar-refractivity contribution in [2.45, 2.75) is 25.2 Å². The van der Waals surface area contributed by atoms with E-state index in [1.807, 2.05) is 67.8 Å². The fourth-order valence-corrected chi connectivity index (χ4v) is 7.36. The van der Waals surface area contributed by atoms with Gasteiger partial charge in [-0.1, -0.05) is 0 Å². The highest BCUT2D eigenvalue weighted by Crippen LogP contribution is 2.37. The first-order valence-corrected chi connectivity index (χ1v) is 14.0. The molecule has 0 saturated heterocycles. The van der Waals surface area contributed by atoms with Crippen LogP contribution in [0.25, 0.3) is 0 Å². The number of hydrogen-bond acceptors (Lipinski definition) is 10. The van der Waals surface area contributed by atoms with Gasteiger partial charge in [-0.3, -0.25) is 14.4 Å². The molecular formula is C21H33I3N4O9. The van der Waals surface area contributed by atoms with Crippen LogP contribution in [-0.4, -0.2) is 115 Å². The topological polar surface area (TPSA) is 215 Å². The van der Waals surface area contributed by atoms with Crippen molar-refractivity contribution in [3.8, 4) is 0 Å². The minimum absolute atomic E-state index is 0.137. The Kier molecular flexibility index (Phi) is 18.5. The number of benzene rings is 1. The Morgan fingerprint density at radius 2 is 1.30 bits per heavy atom. The summed E-state index contributed by atoms with van der Waals surface area (Å²) in [5, 5.41) is 50.5. The summed E-state index contributed by atoms with van der Waals surface area (Å²) in [6.45, 7) is 0.495. The molecule has 1 aromatic rings. The van der Waals surface area contributed by atoms with Gasteiger partial charge in [0.05, 0.1) is 62.1 Å². The third-order valence-corrected chi connectivity index (χ3v) is 7.78. The van der Waals surface area contributed by atoms with Gasteiger partial charge in [-0.2, -0.15) is 0 Å². The van der Waals surface area contributed by atoms with Crippen LogP contribution < -0.4 is 21.3 Å². The van der Waals surface area contributed by atoms with Gasteiger partial charge in [0.25, 0.3) is 11.8 Å². The molecule has 1 rings (SSSR count). The molecule has 0 aliphatic heterocycles. The molecular weight excluding hydrogens is 833 g/mol. The smallest absolute Gasteiger partial charge is 0.253 e. The summed E-state index contributed by atoms with van der Waals surface area (Å²) < 4.78 is 5.74. The molecule has 0 radical (unpaired) electrons. The van der Waals surface area contributed by atoms with Crippen molar-refractivity contribution in [2.24, 2.45) is 5.73 Å². The first-order valence-electron chi connectivity index (χ1n) is 10.7. The highest BCUT2D eigenvalue weighted by atomic mass is 127. The number of amides is 3. The highest BCUT2D eigenvalue weighted by molar-refractivity contribution is 14.1. The third-order valence-electron chi connectivity index (χ3n) is 4.60. The average molecular weight is 866 g/mol. The standard InChI is InChI=1S/C17H22I3N3O7.C4H11NO2/c1-7(26)23(2)15-13(19)10(16(29)21-3-8(27)5-24)12(18)11(14(15)20)17(30)22-4-9(28)6-25;1-7-3-4(6)2-5/h8-9,24-25,27-28H,3-6H2,1-2H3,(H,21,29)(H,22,30);4,6H,2-3,5H2,1H3. The van der Waals surface area contributed by atoms with Crippen molar-refractivity contribution in [1.82, 2.24) is 10.6 Å². The van der Waals surface area contributed by atoms with Gasteiger partial charge in [-0.15, -0.1) is 0 Å². The molecule has 0 saturated carbocycles. The van der Waals surface area contributed by atoms with Crippen molar-refractivity contribution >= 4 is 91.2 Å². The molecule has 0 heterocycles. The van der Waals surface area contributed by atoms with E-state index in [2.05, 4.69) is 15.4 Å². The molecule has 3 atom stereocenters. The van der Waals surface area contributed by atoms with Gasteiger partial charge in [-0.25, -0.2) is 0 Å². The summed E-state index contributed by atoms with van der Waals surface area (Å²) in [6.07, 6.45) is -2.78. The van der Waals surface area contributed by atoms with Crippen molar-refractivity contribution in [3.05, 3.63) is 21.8 Å². The summed E-state index contributed by atoms with van der Waals surface area (Å²) in [5.41, 5.74) is 5.67. The van der Waals surface area contributed by atoms with Gasteiger partial charge in [0.1, 0.15) is 0 Å². The van der Waals surface area contributed by atoms with E-state index in [1.54, 1.807) is 0 Å². The quantitative estimate of drug-likeness (QED) is 0.115. The van der Waals surface area contributed by atoms with Crippen LogP contribution in [0, 0.1) is 10.7 Å². The number of anilines is 1. The number of ether oxygens (including phenoxy) is 1. The lowest BCUT2D eigenvalue weighted by Gasteiger charge is -2.24. The lowest BCUT2D eigenvalue weighted by Crippen LogP contribution is -2.38. The molecule has 0 bridgehead atoms. The van der Waals surface area contributed by atoms with Gasteiger partial charge in [0, 0.05) is 44.3 Å². The SMILES string of the molecule is CC(=O)N(C)c1c(I)c(C(=O)NCC(O)CO)c(I)c(C(=O)NCC(O)CO)c1I.COCC(O)CN. The Labute approximate surface area is 255 Å². The van der Waals surface area contributed by atoms with Crippen LogP contribution >= 0.6 is 67.8 Å². The Bertz CT molecular complexity index is 871.